The van der Waals surface area contributed by atoms with E-state index in [0.717, 1.165) is 4.47 Å². The van der Waals surface area contributed by atoms with Crippen molar-refractivity contribution in [3.05, 3.63) is 40.0 Å². The van der Waals surface area contributed by atoms with E-state index in [9.17, 15) is 4.39 Å². The Balaban J connectivity index is 3.04. The van der Waals surface area contributed by atoms with Crippen LogP contribution in [0.2, 0.25) is 0 Å². The number of hydrogen-bond acceptors (Lipinski definition) is 1. The smallest absolute Gasteiger partial charge is 0.127 e. The van der Waals surface area contributed by atoms with E-state index in [1.807, 2.05) is 0 Å². The van der Waals surface area contributed by atoms with Gasteiger partial charge in [-0.2, -0.15) is 0 Å². The van der Waals surface area contributed by atoms with Gasteiger partial charge in [0.25, 0.3) is 0 Å². The van der Waals surface area contributed by atoms with Crippen molar-refractivity contribution < 1.29 is 9.50 Å². The molecule has 0 atom stereocenters. The first-order valence-electron chi connectivity index (χ1n) is 3.54. The summed E-state index contributed by atoms with van der Waals surface area (Å²) in [5.74, 6) is 0.332. The van der Waals surface area contributed by atoms with Gasteiger partial charge in [0.15, 0.2) is 0 Å². The summed E-state index contributed by atoms with van der Waals surface area (Å²) >= 11 is 3.23. The Labute approximate surface area is 79.4 Å². The Morgan fingerprint density at radius 3 is 2.83 bits per heavy atom. The van der Waals surface area contributed by atoms with Crippen LogP contribution in [0.5, 0.6) is 0 Å². The second-order valence-corrected chi connectivity index (χ2v) is 3.48. The summed E-state index contributed by atoms with van der Waals surface area (Å²) in [6.45, 7) is 1.58. The van der Waals surface area contributed by atoms with E-state index in [1.165, 1.54) is 6.07 Å². The van der Waals surface area contributed by atoms with Crippen LogP contribution in [0, 0.1) is 11.7 Å². The lowest BCUT2D eigenvalue weighted by Gasteiger charge is -2.08. The standard InChI is InChI=1S/C9H9BrFO/c1-6(5-12)8-4-7(10)2-3-9(8)11/h2-4,12H,5H2,1H3. The van der Waals surface area contributed by atoms with E-state index >= 15 is 0 Å². The van der Waals surface area contributed by atoms with Crippen LogP contribution in [0.15, 0.2) is 22.7 Å². The van der Waals surface area contributed by atoms with Crippen LogP contribution < -0.4 is 0 Å². The topological polar surface area (TPSA) is 20.2 Å². The molecule has 0 bridgehead atoms. The molecule has 0 aliphatic heterocycles. The third kappa shape index (κ3) is 2.05. The highest BCUT2D eigenvalue weighted by Gasteiger charge is 2.10. The molecule has 65 valence electrons. The van der Waals surface area contributed by atoms with Crippen LogP contribution in [-0.4, -0.2) is 11.7 Å². The van der Waals surface area contributed by atoms with Gasteiger partial charge in [-0.05, 0) is 23.8 Å². The van der Waals surface area contributed by atoms with Gasteiger partial charge >= 0.3 is 0 Å². The van der Waals surface area contributed by atoms with Gasteiger partial charge in [0.1, 0.15) is 5.82 Å². The van der Waals surface area contributed by atoms with Gasteiger partial charge in [0, 0.05) is 10.4 Å². The molecule has 1 radical (unpaired) electrons. The molecule has 0 aliphatic rings. The second-order valence-electron chi connectivity index (χ2n) is 2.56. The van der Waals surface area contributed by atoms with Crippen molar-refractivity contribution in [1.82, 2.24) is 0 Å². The molecule has 3 heteroatoms. The monoisotopic (exact) mass is 231 g/mol. The number of aliphatic hydroxyl groups is 1. The first-order valence-corrected chi connectivity index (χ1v) is 4.33. The third-order valence-corrected chi connectivity index (χ3v) is 2.12. The molecular weight excluding hydrogens is 223 g/mol. The molecule has 0 fully saturated rings. The van der Waals surface area contributed by atoms with Crippen molar-refractivity contribution in [3.8, 4) is 0 Å². The molecule has 0 unspecified atom stereocenters. The van der Waals surface area contributed by atoms with Gasteiger partial charge in [-0.15, -0.1) is 0 Å². The van der Waals surface area contributed by atoms with E-state index in [1.54, 1.807) is 19.1 Å². The largest absolute Gasteiger partial charge is 0.395 e. The number of aliphatic hydroxyl groups excluding tert-OH is 1. The molecule has 12 heavy (non-hydrogen) atoms. The Hall–Kier alpha value is -0.410. The SMILES string of the molecule is C[C](CO)c1cc(Br)ccc1F. The molecule has 1 aromatic carbocycles. The summed E-state index contributed by atoms with van der Waals surface area (Å²) in [6.07, 6.45) is 0. The first kappa shape index (κ1) is 9.68. The molecule has 0 saturated carbocycles. The van der Waals surface area contributed by atoms with E-state index < -0.39 is 0 Å². The van der Waals surface area contributed by atoms with Crippen LogP contribution in [0.25, 0.3) is 0 Å². The average Bonchev–Trinajstić information content (AvgIpc) is 2.08. The lowest BCUT2D eigenvalue weighted by molar-refractivity contribution is 0.313. The van der Waals surface area contributed by atoms with Crippen molar-refractivity contribution in [3.63, 3.8) is 0 Å². The molecule has 0 spiro atoms. The van der Waals surface area contributed by atoms with E-state index in [2.05, 4.69) is 15.9 Å². The highest BCUT2D eigenvalue weighted by atomic mass is 79.9. The maximum atomic E-state index is 13.1. The average molecular weight is 232 g/mol. The molecule has 1 rings (SSSR count). The van der Waals surface area contributed by atoms with Gasteiger partial charge in [0.05, 0.1) is 6.61 Å². The van der Waals surface area contributed by atoms with Gasteiger partial charge in [-0.1, -0.05) is 22.9 Å². The summed E-state index contributed by atoms with van der Waals surface area (Å²) in [5.41, 5.74) is 0.465. The van der Waals surface area contributed by atoms with E-state index in [4.69, 9.17) is 5.11 Å². The summed E-state index contributed by atoms with van der Waals surface area (Å²) in [5, 5.41) is 8.78. The fourth-order valence-electron chi connectivity index (χ4n) is 0.910. The van der Waals surface area contributed by atoms with Gasteiger partial charge in [-0.3, -0.25) is 0 Å². The molecule has 0 saturated heterocycles. The van der Waals surface area contributed by atoms with E-state index in [0.29, 0.717) is 11.5 Å². The van der Waals surface area contributed by atoms with Crippen LogP contribution in [0.1, 0.15) is 12.5 Å². The molecule has 1 nitrogen and oxygen atoms in total. The minimum Gasteiger partial charge on any atom is -0.395 e. The van der Waals surface area contributed by atoms with Crippen molar-refractivity contribution in [2.75, 3.05) is 6.61 Å². The molecule has 1 aromatic rings. The predicted molar refractivity (Wildman–Crippen MR) is 49.2 cm³/mol. The van der Waals surface area contributed by atoms with Gasteiger partial charge in [0.2, 0.25) is 0 Å². The zero-order chi connectivity index (χ0) is 9.14. The van der Waals surface area contributed by atoms with Crippen molar-refractivity contribution in [1.29, 1.82) is 0 Å². The van der Waals surface area contributed by atoms with Crippen molar-refractivity contribution >= 4 is 15.9 Å². The molecular formula is C9H9BrFO. The summed E-state index contributed by atoms with van der Waals surface area (Å²) in [6, 6.07) is 4.66. The number of rotatable bonds is 2. The van der Waals surface area contributed by atoms with Gasteiger partial charge in [-0.25, -0.2) is 4.39 Å². The quantitative estimate of drug-likeness (QED) is 0.830. The van der Waals surface area contributed by atoms with E-state index in [-0.39, 0.29) is 12.4 Å². The Kier molecular flexibility index (Phi) is 3.23. The molecule has 0 heterocycles. The number of halogens is 2. The lowest BCUT2D eigenvalue weighted by atomic mass is 10.0. The van der Waals surface area contributed by atoms with Crippen molar-refractivity contribution in [2.24, 2.45) is 0 Å². The third-order valence-electron chi connectivity index (χ3n) is 1.63. The summed E-state index contributed by atoms with van der Waals surface area (Å²) in [7, 11) is 0. The molecule has 0 aromatic heterocycles. The Morgan fingerprint density at radius 1 is 1.58 bits per heavy atom. The van der Waals surface area contributed by atoms with Crippen molar-refractivity contribution in [2.45, 2.75) is 6.92 Å². The lowest BCUT2D eigenvalue weighted by Crippen LogP contribution is -2.02. The highest BCUT2D eigenvalue weighted by Crippen LogP contribution is 2.21. The zero-order valence-corrected chi connectivity index (χ0v) is 8.23. The second kappa shape index (κ2) is 4.01. The summed E-state index contributed by atoms with van der Waals surface area (Å²) in [4.78, 5) is 0. The molecule has 0 aliphatic carbocycles. The maximum absolute atomic E-state index is 13.1. The fourth-order valence-corrected chi connectivity index (χ4v) is 1.27. The van der Waals surface area contributed by atoms with Gasteiger partial charge < -0.3 is 5.11 Å². The van der Waals surface area contributed by atoms with Crippen LogP contribution >= 0.6 is 15.9 Å². The molecule has 1 N–H and O–H groups in total. The Bertz CT molecular complexity index is 275. The fraction of sp³-hybridized carbons (Fsp3) is 0.222. The number of benzene rings is 1. The minimum absolute atomic E-state index is 0.118. The van der Waals surface area contributed by atoms with Crippen LogP contribution in [0.3, 0.4) is 0 Å². The normalized spacial score (nSPS) is 10.8. The minimum atomic E-state index is -0.301. The predicted octanol–water partition coefficient (Wildman–Crippen LogP) is 2.52. The zero-order valence-electron chi connectivity index (χ0n) is 6.64. The van der Waals surface area contributed by atoms with Crippen LogP contribution in [0.4, 0.5) is 4.39 Å². The van der Waals surface area contributed by atoms with Crippen LogP contribution in [-0.2, 0) is 0 Å². The molecule has 0 amide bonds. The Morgan fingerprint density at radius 2 is 2.25 bits per heavy atom. The summed E-state index contributed by atoms with van der Waals surface area (Å²) < 4.78 is 13.9. The highest BCUT2D eigenvalue weighted by molar-refractivity contribution is 9.10. The maximum Gasteiger partial charge on any atom is 0.127 e. The first-order chi connectivity index (χ1) is 5.65. The number of hydrogen-bond donors (Lipinski definition) is 1.